The molecule has 2 aromatic rings. The zero-order valence-electron chi connectivity index (χ0n) is 14.5. The Labute approximate surface area is 143 Å². The molecule has 1 heterocycles. The Morgan fingerprint density at radius 2 is 2.04 bits per heavy atom. The molecule has 0 bridgehead atoms. The van der Waals surface area contributed by atoms with Gasteiger partial charge in [-0.15, -0.1) is 6.58 Å². The minimum Gasteiger partial charge on any atom is -0.395 e. The summed E-state index contributed by atoms with van der Waals surface area (Å²) in [5, 5.41) is 14.1. The van der Waals surface area contributed by atoms with Gasteiger partial charge in [-0.1, -0.05) is 25.1 Å². The minimum atomic E-state index is -0.235. The van der Waals surface area contributed by atoms with Crippen LogP contribution in [0.2, 0.25) is 0 Å². The molecule has 0 amide bonds. The summed E-state index contributed by atoms with van der Waals surface area (Å²) in [6, 6.07) is 6.58. The van der Waals surface area contributed by atoms with Crippen LogP contribution in [0.5, 0.6) is 0 Å². The van der Waals surface area contributed by atoms with Crippen LogP contribution in [0.25, 0.3) is 0 Å². The molecule has 0 fully saturated rings. The number of hydrogen-bond acceptors (Lipinski definition) is 3. The van der Waals surface area contributed by atoms with Crippen LogP contribution in [-0.4, -0.2) is 32.4 Å². The standard InChI is InChI=1S/C19H26FN3O/c1-4-10-23-15(3)17(11-21-23)13-22(19(5-2)14-24)12-16-6-8-18(20)9-7-16/h4,6-9,11,19,24H,1,5,10,12-14H2,2-3H3/t19-/m0/s1. The normalized spacial score (nSPS) is 12.5. The zero-order chi connectivity index (χ0) is 17.5. The molecule has 0 radical (unpaired) electrons. The molecule has 1 aromatic carbocycles. The van der Waals surface area contributed by atoms with E-state index in [1.54, 1.807) is 12.1 Å². The predicted molar refractivity (Wildman–Crippen MR) is 94.0 cm³/mol. The molecule has 5 heteroatoms. The van der Waals surface area contributed by atoms with Gasteiger partial charge in [0.05, 0.1) is 19.3 Å². The van der Waals surface area contributed by atoms with E-state index in [1.807, 2.05) is 23.9 Å². The van der Waals surface area contributed by atoms with E-state index in [9.17, 15) is 9.50 Å². The number of benzene rings is 1. The molecule has 0 saturated carbocycles. The van der Waals surface area contributed by atoms with Crippen molar-refractivity contribution in [2.45, 2.75) is 45.9 Å². The first-order valence-electron chi connectivity index (χ1n) is 8.30. The highest BCUT2D eigenvalue weighted by Crippen LogP contribution is 2.18. The summed E-state index contributed by atoms with van der Waals surface area (Å²) < 4.78 is 15.0. The highest BCUT2D eigenvalue weighted by molar-refractivity contribution is 5.19. The number of halogens is 1. The third-order valence-corrected chi connectivity index (χ3v) is 4.38. The van der Waals surface area contributed by atoms with Crippen molar-refractivity contribution in [1.29, 1.82) is 0 Å². The second kappa shape index (κ2) is 8.76. The Morgan fingerprint density at radius 1 is 1.33 bits per heavy atom. The Morgan fingerprint density at radius 3 is 2.62 bits per heavy atom. The summed E-state index contributed by atoms with van der Waals surface area (Å²) >= 11 is 0. The fourth-order valence-corrected chi connectivity index (χ4v) is 2.81. The van der Waals surface area contributed by atoms with Gasteiger partial charge in [0.2, 0.25) is 0 Å². The molecule has 130 valence electrons. The van der Waals surface area contributed by atoms with Gasteiger partial charge in [0.25, 0.3) is 0 Å². The summed E-state index contributed by atoms with van der Waals surface area (Å²) in [7, 11) is 0. The first-order valence-corrected chi connectivity index (χ1v) is 8.30. The first kappa shape index (κ1) is 18.4. The highest BCUT2D eigenvalue weighted by Gasteiger charge is 2.19. The van der Waals surface area contributed by atoms with Crippen molar-refractivity contribution in [2.24, 2.45) is 0 Å². The van der Waals surface area contributed by atoms with Crippen LogP contribution >= 0.6 is 0 Å². The average Bonchev–Trinajstić information content (AvgIpc) is 2.92. The monoisotopic (exact) mass is 331 g/mol. The smallest absolute Gasteiger partial charge is 0.123 e. The molecule has 1 N–H and O–H groups in total. The van der Waals surface area contributed by atoms with Crippen LogP contribution in [0.1, 0.15) is 30.2 Å². The van der Waals surface area contributed by atoms with Crippen molar-refractivity contribution < 1.29 is 9.50 Å². The van der Waals surface area contributed by atoms with Gasteiger partial charge in [-0.25, -0.2) is 4.39 Å². The maximum Gasteiger partial charge on any atom is 0.123 e. The molecule has 0 spiro atoms. The van der Waals surface area contributed by atoms with Gasteiger partial charge in [-0.2, -0.15) is 5.10 Å². The lowest BCUT2D eigenvalue weighted by molar-refractivity contribution is 0.106. The summed E-state index contributed by atoms with van der Waals surface area (Å²) in [6.45, 7) is 9.98. The van der Waals surface area contributed by atoms with Gasteiger partial charge in [-0.05, 0) is 31.0 Å². The van der Waals surface area contributed by atoms with Crippen LogP contribution in [0.4, 0.5) is 4.39 Å². The largest absolute Gasteiger partial charge is 0.395 e. The SMILES string of the molecule is C=CCn1ncc(CN(Cc2ccc(F)cc2)[C@@H](CC)CO)c1C. The van der Waals surface area contributed by atoms with Gasteiger partial charge < -0.3 is 5.11 Å². The van der Waals surface area contributed by atoms with E-state index in [-0.39, 0.29) is 18.5 Å². The number of aromatic nitrogens is 2. The van der Waals surface area contributed by atoms with Gasteiger partial charge in [-0.3, -0.25) is 9.58 Å². The molecule has 2 rings (SSSR count). The Balaban J connectivity index is 2.19. The number of hydrogen-bond donors (Lipinski definition) is 1. The van der Waals surface area contributed by atoms with E-state index in [0.717, 1.165) is 23.2 Å². The second-order valence-electron chi connectivity index (χ2n) is 6.00. The van der Waals surface area contributed by atoms with Crippen LogP contribution in [0, 0.1) is 12.7 Å². The number of allylic oxidation sites excluding steroid dienone is 1. The van der Waals surface area contributed by atoms with E-state index in [1.165, 1.54) is 12.1 Å². The molecular weight excluding hydrogens is 305 g/mol. The number of aliphatic hydroxyl groups excluding tert-OH is 1. The van der Waals surface area contributed by atoms with Crippen molar-refractivity contribution in [2.75, 3.05) is 6.61 Å². The predicted octanol–water partition coefficient (Wildman–Crippen LogP) is 3.29. The first-order chi connectivity index (χ1) is 11.6. The summed E-state index contributed by atoms with van der Waals surface area (Å²) in [4.78, 5) is 2.22. The van der Waals surface area contributed by atoms with E-state index in [4.69, 9.17) is 0 Å². The lowest BCUT2D eigenvalue weighted by Gasteiger charge is -2.30. The fraction of sp³-hybridized carbons (Fsp3) is 0.421. The van der Waals surface area contributed by atoms with Crippen LogP contribution in [-0.2, 0) is 19.6 Å². The highest BCUT2D eigenvalue weighted by atomic mass is 19.1. The molecule has 24 heavy (non-hydrogen) atoms. The third kappa shape index (κ3) is 4.52. The minimum absolute atomic E-state index is 0.0530. The molecule has 0 aliphatic rings. The van der Waals surface area contributed by atoms with Crippen LogP contribution in [0.3, 0.4) is 0 Å². The van der Waals surface area contributed by atoms with E-state index >= 15 is 0 Å². The molecule has 0 aliphatic carbocycles. The van der Waals surface area contributed by atoms with E-state index < -0.39 is 0 Å². The summed E-state index contributed by atoms with van der Waals surface area (Å²) in [5.41, 5.74) is 3.26. The molecule has 0 aliphatic heterocycles. The lowest BCUT2D eigenvalue weighted by atomic mass is 10.1. The molecular formula is C19H26FN3O. The quantitative estimate of drug-likeness (QED) is 0.717. The van der Waals surface area contributed by atoms with E-state index in [2.05, 4.69) is 23.5 Å². The zero-order valence-corrected chi connectivity index (χ0v) is 14.5. The average molecular weight is 331 g/mol. The second-order valence-corrected chi connectivity index (χ2v) is 6.00. The molecule has 0 saturated heterocycles. The van der Waals surface area contributed by atoms with E-state index in [0.29, 0.717) is 19.6 Å². The molecule has 0 unspecified atom stereocenters. The van der Waals surface area contributed by atoms with Crippen molar-refractivity contribution in [3.05, 3.63) is 65.8 Å². The topological polar surface area (TPSA) is 41.3 Å². The van der Waals surface area contributed by atoms with Gasteiger partial charge >= 0.3 is 0 Å². The Hall–Kier alpha value is -1.98. The maximum absolute atomic E-state index is 13.1. The van der Waals surface area contributed by atoms with Crippen molar-refractivity contribution >= 4 is 0 Å². The molecule has 4 nitrogen and oxygen atoms in total. The van der Waals surface area contributed by atoms with Gasteiger partial charge in [0.1, 0.15) is 5.82 Å². The number of rotatable bonds is 9. The Bertz CT molecular complexity index is 647. The van der Waals surface area contributed by atoms with Gasteiger partial charge in [0.15, 0.2) is 0 Å². The maximum atomic E-state index is 13.1. The third-order valence-electron chi connectivity index (χ3n) is 4.38. The van der Waals surface area contributed by atoms with Crippen molar-refractivity contribution in [3.63, 3.8) is 0 Å². The summed E-state index contributed by atoms with van der Waals surface area (Å²) in [5.74, 6) is -0.235. The molecule has 1 atom stereocenters. The lowest BCUT2D eigenvalue weighted by Crippen LogP contribution is -2.36. The van der Waals surface area contributed by atoms with Crippen LogP contribution in [0.15, 0.2) is 43.1 Å². The number of nitrogens with zero attached hydrogens (tertiary/aromatic N) is 3. The fourth-order valence-electron chi connectivity index (χ4n) is 2.81. The Kier molecular flexibility index (Phi) is 6.70. The van der Waals surface area contributed by atoms with Crippen molar-refractivity contribution in [3.8, 4) is 0 Å². The molecule has 1 aromatic heterocycles. The van der Waals surface area contributed by atoms with Crippen LogP contribution < -0.4 is 0 Å². The van der Waals surface area contributed by atoms with Crippen molar-refractivity contribution in [1.82, 2.24) is 14.7 Å². The van der Waals surface area contributed by atoms with Gasteiger partial charge in [0, 0.05) is 30.4 Å². The number of aliphatic hydroxyl groups is 1. The summed E-state index contributed by atoms with van der Waals surface area (Å²) in [6.07, 6.45) is 4.54.